The molecule has 1 heterocycles. The lowest BCUT2D eigenvalue weighted by Crippen LogP contribution is -2.32. The molecule has 0 unspecified atom stereocenters. The maximum atomic E-state index is 12.6. The smallest absolute Gasteiger partial charge is 0.261 e. The summed E-state index contributed by atoms with van der Waals surface area (Å²) in [5.41, 5.74) is 2.64. The molecule has 0 aliphatic carbocycles. The van der Waals surface area contributed by atoms with E-state index in [1.54, 1.807) is 44.4 Å². The van der Waals surface area contributed by atoms with E-state index in [4.69, 9.17) is 9.47 Å². The van der Waals surface area contributed by atoms with Crippen LogP contribution in [0.5, 0.6) is 11.5 Å². The Balaban J connectivity index is 1.57. The Morgan fingerprint density at radius 1 is 1.03 bits per heavy atom. The Hall–Kier alpha value is -3.35. The van der Waals surface area contributed by atoms with E-state index in [1.807, 2.05) is 25.1 Å². The van der Waals surface area contributed by atoms with Crippen molar-refractivity contribution in [1.29, 1.82) is 0 Å². The maximum Gasteiger partial charge on any atom is 0.261 e. The third-order valence-corrected chi connectivity index (χ3v) is 5.22. The number of aryl methyl sites for hydroxylation is 1. The van der Waals surface area contributed by atoms with Gasteiger partial charge in [-0.15, -0.1) is 0 Å². The standard InChI is InChI=1S/C23H26N2O5/c1-15-10-11-17-18(13-15)23(28)25(22(17)27)12-6-9-20(26)24(2)14-16-7-5-8-19(29-3)21(16)30-4/h5,7-8,10-11,13H,6,9,12,14H2,1-4H3. The number of nitrogens with zero attached hydrogens (tertiary/aromatic N) is 2. The molecule has 2 aromatic carbocycles. The van der Waals surface area contributed by atoms with E-state index >= 15 is 0 Å². The Morgan fingerprint density at radius 3 is 2.47 bits per heavy atom. The lowest BCUT2D eigenvalue weighted by Gasteiger charge is -2.20. The van der Waals surface area contributed by atoms with Crippen molar-refractivity contribution < 1.29 is 23.9 Å². The molecule has 158 valence electrons. The first-order chi connectivity index (χ1) is 14.4. The molecular formula is C23H26N2O5. The highest BCUT2D eigenvalue weighted by Gasteiger charge is 2.35. The topological polar surface area (TPSA) is 76.2 Å². The fourth-order valence-electron chi connectivity index (χ4n) is 3.61. The number of ether oxygens (including phenoxy) is 2. The Kier molecular flexibility index (Phi) is 6.40. The van der Waals surface area contributed by atoms with E-state index in [-0.39, 0.29) is 30.7 Å². The number of imide groups is 1. The average Bonchev–Trinajstić information content (AvgIpc) is 2.97. The minimum absolute atomic E-state index is 0.0765. The van der Waals surface area contributed by atoms with Crippen LogP contribution in [0.2, 0.25) is 0 Å². The van der Waals surface area contributed by atoms with Gasteiger partial charge in [0.15, 0.2) is 11.5 Å². The summed E-state index contributed by atoms with van der Waals surface area (Å²) in [6, 6.07) is 10.8. The summed E-state index contributed by atoms with van der Waals surface area (Å²) < 4.78 is 10.7. The summed E-state index contributed by atoms with van der Waals surface area (Å²) in [7, 11) is 4.84. The van der Waals surface area contributed by atoms with Crippen LogP contribution in [0, 0.1) is 6.92 Å². The van der Waals surface area contributed by atoms with Crippen LogP contribution in [0.3, 0.4) is 0 Å². The highest BCUT2D eigenvalue weighted by molar-refractivity contribution is 6.21. The number of carbonyl (C=O) groups is 3. The molecule has 1 aliphatic heterocycles. The Labute approximate surface area is 176 Å². The van der Waals surface area contributed by atoms with Crippen LogP contribution in [0.15, 0.2) is 36.4 Å². The van der Waals surface area contributed by atoms with Gasteiger partial charge in [0, 0.05) is 32.1 Å². The zero-order valence-corrected chi connectivity index (χ0v) is 17.7. The van der Waals surface area contributed by atoms with Crippen LogP contribution in [0.4, 0.5) is 0 Å². The molecule has 0 bridgehead atoms. The molecule has 2 aromatic rings. The summed E-state index contributed by atoms with van der Waals surface area (Å²) in [6.45, 7) is 2.46. The lowest BCUT2D eigenvalue weighted by molar-refractivity contribution is -0.130. The Bertz CT molecular complexity index is 986. The van der Waals surface area contributed by atoms with Crippen molar-refractivity contribution in [2.45, 2.75) is 26.3 Å². The molecule has 3 amide bonds. The number of methoxy groups -OCH3 is 2. The van der Waals surface area contributed by atoms with Gasteiger partial charge in [0.2, 0.25) is 5.91 Å². The first-order valence-corrected chi connectivity index (χ1v) is 9.78. The van der Waals surface area contributed by atoms with Crippen molar-refractivity contribution in [3.05, 3.63) is 58.7 Å². The number of para-hydroxylation sites is 1. The highest BCUT2D eigenvalue weighted by atomic mass is 16.5. The van der Waals surface area contributed by atoms with Gasteiger partial charge in [0.25, 0.3) is 11.8 Å². The first kappa shape index (κ1) is 21.4. The van der Waals surface area contributed by atoms with Gasteiger partial charge in [-0.3, -0.25) is 19.3 Å². The van der Waals surface area contributed by atoms with E-state index in [0.29, 0.717) is 35.6 Å². The third-order valence-electron chi connectivity index (χ3n) is 5.22. The number of carbonyl (C=O) groups excluding carboxylic acids is 3. The minimum atomic E-state index is -0.295. The Morgan fingerprint density at radius 2 is 1.77 bits per heavy atom. The van der Waals surface area contributed by atoms with Crippen molar-refractivity contribution in [2.75, 3.05) is 27.8 Å². The van der Waals surface area contributed by atoms with Crippen molar-refractivity contribution in [2.24, 2.45) is 0 Å². The van der Waals surface area contributed by atoms with Crippen LogP contribution in [-0.2, 0) is 11.3 Å². The normalized spacial score (nSPS) is 12.7. The van der Waals surface area contributed by atoms with E-state index in [1.165, 1.54) is 4.90 Å². The number of hydrogen-bond donors (Lipinski definition) is 0. The number of hydrogen-bond acceptors (Lipinski definition) is 5. The number of benzene rings is 2. The van der Waals surface area contributed by atoms with Crippen LogP contribution >= 0.6 is 0 Å². The monoisotopic (exact) mass is 410 g/mol. The summed E-state index contributed by atoms with van der Waals surface area (Å²) in [4.78, 5) is 40.4. The number of amides is 3. The molecule has 0 N–H and O–H groups in total. The molecule has 0 atom stereocenters. The van der Waals surface area contributed by atoms with Crippen molar-refractivity contribution in [3.8, 4) is 11.5 Å². The average molecular weight is 410 g/mol. The van der Waals surface area contributed by atoms with Crippen molar-refractivity contribution in [3.63, 3.8) is 0 Å². The van der Waals surface area contributed by atoms with Gasteiger partial charge in [0.1, 0.15) is 0 Å². The maximum absolute atomic E-state index is 12.6. The summed E-state index contributed by atoms with van der Waals surface area (Å²) in [6.07, 6.45) is 0.637. The van der Waals surface area contributed by atoms with E-state index < -0.39 is 0 Å². The van der Waals surface area contributed by atoms with E-state index in [2.05, 4.69) is 0 Å². The third kappa shape index (κ3) is 4.15. The van der Waals surface area contributed by atoms with Crippen LogP contribution < -0.4 is 9.47 Å². The van der Waals surface area contributed by atoms with Crippen LogP contribution in [-0.4, -0.2) is 55.3 Å². The molecule has 0 saturated carbocycles. The first-order valence-electron chi connectivity index (χ1n) is 9.78. The van der Waals surface area contributed by atoms with E-state index in [0.717, 1.165) is 11.1 Å². The van der Waals surface area contributed by atoms with Gasteiger partial charge < -0.3 is 14.4 Å². The second-order valence-corrected chi connectivity index (χ2v) is 7.32. The fourth-order valence-corrected chi connectivity index (χ4v) is 3.61. The summed E-state index contributed by atoms with van der Waals surface area (Å²) in [5, 5.41) is 0. The number of rotatable bonds is 8. The van der Waals surface area contributed by atoms with Crippen molar-refractivity contribution in [1.82, 2.24) is 9.80 Å². The minimum Gasteiger partial charge on any atom is -0.493 e. The molecule has 1 aliphatic rings. The molecule has 0 saturated heterocycles. The quantitative estimate of drug-likeness (QED) is 0.625. The second kappa shape index (κ2) is 8.98. The van der Waals surface area contributed by atoms with E-state index in [9.17, 15) is 14.4 Å². The van der Waals surface area contributed by atoms with Gasteiger partial charge >= 0.3 is 0 Å². The predicted octanol–water partition coefficient (Wildman–Crippen LogP) is 3.05. The summed E-state index contributed by atoms with van der Waals surface area (Å²) >= 11 is 0. The molecule has 0 spiro atoms. The lowest BCUT2D eigenvalue weighted by atomic mass is 10.1. The summed E-state index contributed by atoms with van der Waals surface area (Å²) in [5.74, 6) is 0.544. The molecule has 7 nitrogen and oxygen atoms in total. The van der Waals surface area contributed by atoms with Gasteiger partial charge in [-0.05, 0) is 31.5 Å². The number of fused-ring (bicyclic) bond motifs is 1. The molecule has 0 aromatic heterocycles. The largest absolute Gasteiger partial charge is 0.493 e. The molecular weight excluding hydrogens is 384 g/mol. The predicted molar refractivity (Wildman–Crippen MR) is 112 cm³/mol. The molecule has 30 heavy (non-hydrogen) atoms. The van der Waals surface area contributed by atoms with Gasteiger partial charge in [0.05, 0.1) is 25.3 Å². The molecule has 3 rings (SSSR count). The van der Waals surface area contributed by atoms with Crippen molar-refractivity contribution >= 4 is 17.7 Å². The second-order valence-electron chi connectivity index (χ2n) is 7.32. The zero-order valence-electron chi connectivity index (χ0n) is 17.7. The molecule has 0 radical (unpaired) electrons. The van der Waals surface area contributed by atoms with Crippen LogP contribution in [0.25, 0.3) is 0 Å². The molecule has 0 fully saturated rings. The highest BCUT2D eigenvalue weighted by Crippen LogP contribution is 2.31. The van der Waals surface area contributed by atoms with Gasteiger partial charge in [-0.25, -0.2) is 0 Å². The zero-order chi connectivity index (χ0) is 21.8. The fraction of sp³-hybridized carbons (Fsp3) is 0.348. The van der Waals surface area contributed by atoms with Crippen LogP contribution in [0.1, 0.15) is 44.7 Å². The SMILES string of the molecule is COc1cccc(CN(C)C(=O)CCCN2C(=O)c3ccc(C)cc3C2=O)c1OC. The van der Waals surface area contributed by atoms with Gasteiger partial charge in [-0.1, -0.05) is 23.8 Å². The molecule has 7 heteroatoms. The van der Waals surface area contributed by atoms with Gasteiger partial charge in [-0.2, -0.15) is 0 Å².